The van der Waals surface area contributed by atoms with Gasteiger partial charge in [-0.15, -0.1) is 0 Å². The third-order valence-electron chi connectivity index (χ3n) is 3.77. The maximum absolute atomic E-state index is 13.7. The Bertz CT molecular complexity index is 691. The van der Waals surface area contributed by atoms with E-state index in [-0.39, 0.29) is 11.6 Å². The highest BCUT2D eigenvalue weighted by molar-refractivity contribution is 7.71. The minimum Gasteiger partial charge on any atom is -0.494 e. The Morgan fingerprint density at radius 2 is 2.24 bits per heavy atom. The molecule has 4 nitrogen and oxygen atoms in total. The molecule has 0 aliphatic heterocycles. The number of benzene rings is 1. The molecule has 3 rings (SSSR count). The smallest absolute Gasteiger partial charge is 0.178 e. The maximum atomic E-state index is 13.7. The van der Waals surface area contributed by atoms with Crippen molar-refractivity contribution >= 4 is 23.3 Å². The van der Waals surface area contributed by atoms with Crippen LogP contribution in [0.4, 0.5) is 4.39 Å². The van der Waals surface area contributed by atoms with Crippen LogP contribution in [0.2, 0.25) is 0 Å². The van der Waals surface area contributed by atoms with E-state index in [9.17, 15) is 4.39 Å². The van der Waals surface area contributed by atoms with Crippen molar-refractivity contribution in [2.45, 2.75) is 25.8 Å². The lowest BCUT2D eigenvalue weighted by Crippen LogP contribution is -2.04. The summed E-state index contributed by atoms with van der Waals surface area (Å²) in [4.78, 5) is 3.03. The van der Waals surface area contributed by atoms with E-state index in [2.05, 4.69) is 4.98 Å². The Morgan fingerprint density at radius 3 is 2.95 bits per heavy atom. The molecule has 114 valence electrons. The van der Waals surface area contributed by atoms with Crippen LogP contribution in [0.3, 0.4) is 0 Å². The van der Waals surface area contributed by atoms with Crippen LogP contribution < -0.4 is 4.74 Å². The van der Waals surface area contributed by atoms with E-state index in [1.165, 1.54) is 26.0 Å². The van der Waals surface area contributed by atoms with Gasteiger partial charge in [0.2, 0.25) is 0 Å². The summed E-state index contributed by atoms with van der Waals surface area (Å²) in [5.41, 5.74) is 1.55. The Kier molecular flexibility index (Phi) is 4.26. The van der Waals surface area contributed by atoms with Crippen molar-refractivity contribution in [2.24, 2.45) is 5.92 Å². The first-order valence-corrected chi connectivity index (χ1v) is 7.63. The highest BCUT2D eigenvalue weighted by Gasteiger charge is 2.20. The summed E-state index contributed by atoms with van der Waals surface area (Å²) in [7, 11) is 1.46. The topological polar surface area (TPSA) is 39.2 Å². The molecule has 21 heavy (non-hydrogen) atoms. The minimum atomic E-state index is -0.388. The van der Waals surface area contributed by atoms with Gasteiger partial charge in [0, 0.05) is 31.9 Å². The van der Waals surface area contributed by atoms with Crippen molar-refractivity contribution in [1.82, 2.24) is 9.55 Å². The van der Waals surface area contributed by atoms with Gasteiger partial charge in [-0.1, -0.05) is 0 Å². The van der Waals surface area contributed by atoms with Gasteiger partial charge in [-0.3, -0.25) is 0 Å². The van der Waals surface area contributed by atoms with Crippen LogP contribution in [0, 0.1) is 16.5 Å². The van der Waals surface area contributed by atoms with E-state index >= 15 is 0 Å². The number of H-pyrrole nitrogens is 1. The lowest BCUT2D eigenvalue weighted by Gasteiger charge is -2.07. The monoisotopic (exact) mass is 310 g/mol. The van der Waals surface area contributed by atoms with E-state index in [1.54, 1.807) is 6.07 Å². The summed E-state index contributed by atoms with van der Waals surface area (Å²) in [6, 6.07) is 3.10. The Hall–Kier alpha value is -1.40. The number of aromatic nitrogens is 2. The zero-order valence-corrected chi connectivity index (χ0v) is 12.8. The molecule has 0 unspecified atom stereocenters. The predicted octanol–water partition coefficient (Wildman–Crippen LogP) is 3.66. The van der Waals surface area contributed by atoms with E-state index in [1.807, 2.05) is 4.57 Å². The predicted molar refractivity (Wildman–Crippen MR) is 81.8 cm³/mol. The minimum absolute atomic E-state index is 0.232. The fourth-order valence-electron chi connectivity index (χ4n) is 2.40. The number of hydrogen-bond acceptors (Lipinski definition) is 3. The standard InChI is InChI=1S/C15H19FN2O2S/c1-19-14-8-13-12(7-11(14)16)17-15(21)18(13)5-2-6-20-9-10-3-4-10/h7-8,10H,2-6,9H2,1H3,(H,17,21). The second-order valence-electron chi connectivity index (χ2n) is 5.46. The Labute approximate surface area is 127 Å². The highest BCUT2D eigenvalue weighted by atomic mass is 32.1. The number of fused-ring (bicyclic) bond motifs is 1. The van der Waals surface area contributed by atoms with Crippen molar-refractivity contribution in [3.8, 4) is 5.75 Å². The van der Waals surface area contributed by atoms with Crippen LogP contribution >= 0.6 is 12.2 Å². The SMILES string of the molecule is COc1cc2c(cc1F)[nH]c(=S)n2CCCOCC1CC1. The average Bonchev–Trinajstić information content (AvgIpc) is 3.23. The van der Waals surface area contributed by atoms with Gasteiger partial charge >= 0.3 is 0 Å². The van der Waals surface area contributed by atoms with Crippen molar-refractivity contribution < 1.29 is 13.9 Å². The molecule has 1 N–H and O–H groups in total. The average molecular weight is 310 g/mol. The number of aryl methyl sites for hydroxylation is 1. The summed E-state index contributed by atoms with van der Waals surface area (Å²) in [6.07, 6.45) is 3.49. The van der Waals surface area contributed by atoms with E-state index in [4.69, 9.17) is 21.7 Å². The molecular weight excluding hydrogens is 291 g/mol. The molecule has 1 saturated carbocycles. The van der Waals surface area contributed by atoms with Crippen LogP contribution in [0.5, 0.6) is 5.75 Å². The third-order valence-corrected chi connectivity index (χ3v) is 4.09. The molecule has 1 aromatic heterocycles. The number of hydrogen-bond donors (Lipinski definition) is 1. The fourth-order valence-corrected chi connectivity index (χ4v) is 2.70. The summed E-state index contributed by atoms with van der Waals surface area (Å²) in [6.45, 7) is 2.35. The molecule has 0 spiro atoms. The summed E-state index contributed by atoms with van der Waals surface area (Å²) < 4.78 is 26.9. The first kappa shape index (κ1) is 14.5. The van der Waals surface area contributed by atoms with Crippen LogP contribution in [-0.2, 0) is 11.3 Å². The number of methoxy groups -OCH3 is 1. The zero-order chi connectivity index (χ0) is 14.8. The third kappa shape index (κ3) is 3.27. The van der Waals surface area contributed by atoms with Gasteiger partial charge in [-0.25, -0.2) is 4.39 Å². The number of nitrogens with one attached hydrogen (secondary N) is 1. The van der Waals surface area contributed by atoms with Crippen molar-refractivity contribution in [3.63, 3.8) is 0 Å². The lowest BCUT2D eigenvalue weighted by molar-refractivity contribution is 0.119. The second kappa shape index (κ2) is 6.15. The summed E-state index contributed by atoms with van der Waals surface area (Å²) >= 11 is 5.31. The van der Waals surface area contributed by atoms with Crippen LogP contribution in [0.15, 0.2) is 12.1 Å². The molecule has 1 heterocycles. The van der Waals surface area contributed by atoms with Crippen molar-refractivity contribution in [1.29, 1.82) is 0 Å². The molecule has 0 saturated heterocycles. The summed E-state index contributed by atoms with van der Waals surface area (Å²) in [5.74, 6) is 0.629. The highest BCUT2D eigenvalue weighted by Crippen LogP contribution is 2.29. The second-order valence-corrected chi connectivity index (χ2v) is 5.84. The van der Waals surface area contributed by atoms with E-state index < -0.39 is 0 Å². The molecule has 0 bridgehead atoms. The molecule has 0 amide bonds. The normalized spacial score (nSPS) is 14.8. The first-order valence-electron chi connectivity index (χ1n) is 7.23. The maximum Gasteiger partial charge on any atom is 0.178 e. The molecule has 0 atom stereocenters. The molecule has 1 aliphatic rings. The van der Waals surface area contributed by atoms with Crippen molar-refractivity contribution in [2.75, 3.05) is 20.3 Å². The number of rotatable bonds is 7. The largest absolute Gasteiger partial charge is 0.494 e. The van der Waals surface area contributed by atoms with Gasteiger partial charge in [0.15, 0.2) is 16.3 Å². The van der Waals surface area contributed by atoms with Gasteiger partial charge in [0.1, 0.15) is 0 Å². The van der Waals surface area contributed by atoms with Crippen LogP contribution in [0.25, 0.3) is 11.0 Å². The van der Waals surface area contributed by atoms with Crippen LogP contribution in [-0.4, -0.2) is 29.9 Å². The number of aromatic amines is 1. The molecule has 1 aliphatic carbocycles. The van der Waals surface area contributed by atoms with Gasteiger partial charge in [-0.05, 0) is 37.4 Å². The first-order chi connectivity index (χ1) is 10.2. The summed E-state index contributed by atoms with van der Waals surface area (Å²) in [5, 5.41) is 0. The van der Waals surface area contributed by atoms with Gasteiger partial charge in [0.05, 0.1) is 18.1 Å². The Morgan fingerprint density at radius 1 is 1.43 bits per heavy atom. The zero-order valence-electron chi connectivity index (χ0n) is 12.0. The fraction of sp³-hybridized carbons (Fsp3) is 0.533. The molecule has 1 fully saturated rings. The van der Waals surface area contributed by atoms with Gasteiger partial charge in [-0.2, -0.15) is 0 Å². The number of ether oxygens (including phenoxy) is 2. The van der Waals surface area contributed by atoms with E-state index in [0.717, 1.165) is 37.6 Å². The molecule has 0 radical (unpaired) electrons. The number of nitrogens with zero attached hydrogens (tertiary/aromatic N) is 1. The number of imidazole rings is 1. The van der Waals surface area contributed by atoms with Crippen LogP contribution in [0.1, 0.15) is 19.3 Å². The molecule has 6 heteroatoms. The molecule has 1 aromatic carbocycles. The molecular formula is C15H19FN2O2S. The lowest BCUT2D eigenvalue weighted by atomic mass is 10.2. The Balaban J connectivity index is 1.70. The molecule has 2 aromatic rings. The van der Waals surface area contributed by atoms with E-state index in [0.29, 0.717) is 10.3 Å². The quantitative estimate of drug-likeness (QED) is 0.626. The van der Waals surface area contributed by atoms with Crippen molar-refractivity contribution in [3.05, 3.63) is 22.7 Å². The van der Waals surface area contributed by atoms with Gasteiger partial charge in [0.25, 0.3) is 0 Å². The van der Waals surface area contributed by atoms with Gasteiger partial charge < -0.3 is 19.0 Å². The number of halogens is 1.